The van der Waals surface area contributed by atoms with Crippen molar-refractivity contribution in [2.45, 2.75) is 58.8 Å². The van der Waals surface area contributed by atoms with Gasteiger partial charge in [0, 0.05) is 31.3 Å². The van der Waals surface area contributed by atoms with Crippen molar-refractivity contribution >= 4 is 12.0 Å². The van der Waals surface area contributed by atoms with Crippen LogP contribution in [0.2, 0.25) is 0 Å². The molecule has 0 aliphatic carbocycles. The Balaban J connectivity index is 1.39. The SMILES string of the molecule is CC(C)(C)OC(=O)NCCC1CCN(C(=O)c2cc(OCc3ccc(C#N)cc3)cc(OCc3ccc(C#N)cc3)c2)CC1. The molecule has 9 nitrogen and oxygen atoms in total. The highest BCUT2D eigenvalue weighted by Gasteiger charge is 2.25. The van der Waals surface area contributed by atoms with E-state index in [2.05, 4.69) is 17.5 Å². The first-order valence-electron chi connectivity index (χ1n) is 14.8. The topological polar surface area (TPSA) is 125 Å². The average molecular weight is 595 g/mol. The van der Waals surface area contributed by atoms with Crippen LogP contribution in [0.25, 0.3) is 0 Å². The standard InChI is InChI=1S/C35H38N4O5/c1-35(2,3)44-34(41)38-15-12-25-13-16-39(17-14-25)33(40)30-18-31(42-23-28-8-4-26(21-36)5-9-28)20-32(19-30)43-24-29-10-6-27(22-37)7-11-29/h4-11,18-20,25H,12-17,23-24H2,1-3H3,(H,38,41). The first-order valence-corrected chi connectivity index (χ1v) is 14.8. The van der Waals surface area contributed by atoms with Gasteiger partial charge in [0.25, 0.3) is 5.91 Å². The lowest BCUT2D eigenvalue weighted by Crippen LogP contribution is -2.39. The zero-order valence-electron chi connectivity index (χ0n) is 25.5. The zero-order valence-corrected chi connectivity index (χ0v) is 25.5. The van der Waals surface area contributed by atoms with Gasteiger partial charge in [0.2, 0.25) is 0 Å². The molecule has 0 aromatic heterocycles. The fourth-order valence-corrected chi connectivity index (χ4v) is 4.85. The molecule has 2 amide bonds. The largest absolute Gasteiger partial charge is 0.489 e. The van der Waals surface area contributed by atoms with E-state index in [4.69, 9.17) is 24.7 Å². The Morgan fingerprint density at radius 3 is 1.80 bits per heavy atom. The number of amides is 2. The van der Waals surface area contributed by atoms with Crippen molar-refractivity contribution in [1.82, 2.24) is 10.2 Å². The number of ether oxygens (including phenoxy) is 3. The average Bonchev–Trinajstić information content (AvgIpc) is 3.02. The molecule has 3 aromatic carbocycles. The van der Waals surface area contributed by atoms with Crippen LogP contribution in [0, 0.1) is 28.6 Å². The lowest BCUT2D eigenvalue weighted by Gasteiger charge is -2.32. The number of hydrogen-bond donors (Lipinski definition) is 1. The molecule has 0 unspecified atom stereocenters. The van der Waals surface area contributed by atoms with E-state index in [0.717, 1.165) is 30.4 Å². The number of hydrogen-bond acceptors (Lipinski definition) is 7. The molecule has 1 saturated heterocycles. The molecule has 0 saturated carbocycles. The third-order valence-corrected chi connectivity index (χ3v) is 7.23. The van der Waals surface area contributed by atoms with Crippen molar-refractivity contribution in [2.75, 3.05) is 19.6 Å². The zero-order chi connectivity index (χ0) is 31.5. The number of rotatable bonds is 10. The van der Waals surface area contributed by atoms with Gasteiger partial charge >= 0.3 is 6.09 Å². The molecule has 44 heavy (non-hydrogen) atoms. The summed E-state index contributed by atoms with van der Waals surface area (Å²) in [5.74, 6) is 1.31. The van der Waals surface area contributed by atoms with Crippen LogP contribution in [0.1, 0.15) is 72.6 Å². The minimum Gasteiger partial charge on any atom is -0.489 e. The van der Waals surface area contributed by atoms with Gasteiger partial charge in [-0.3, -0.25) is 4.79 Å². The molecule has 9 heteroatoms. The minimum atomic E-state index is -0.531. The third-order valence-electron chi connectivity index (χ3n) is 7.23. The Kier molecular flexibility index (Phi) is 10.8. The molecule has 1 fully saturated rings. The number of nitrogens with one attached hydrogen (secondary N) is 1. The van der Waals surface area contributed by atoms with E-state index in [1.807, 2.05) is 49.9 Å². The quantitative estimate of drug-likeness (QED) is 0.290. The van der Waals surface area contributed by atoms with Gasteiger partial charge < -0.3 is 24.4 Å². The molecule has 4 rings (SSSR count). The molecule has 3 aromatic rings. The van der Waals surface area contributed by atoms with Crippen molar-refractivity contribution in [3.8, 4) is 23.6 Å². The van der Waals surface area contributed by atoms with Crippen LogP contribution in [-0.4, -0.2) is 42.1 Å². The monoisotopic (exact) mass is 594 g/mol. The van der Waals surface area contributed by atoms with Crippen molar-refractivity contribution in [1.29, 1.82) is 10.5 Å². The van der Waals surface area contributed by atoms with Crippen molar-refractivity contribution in [2.24, 2.45) is 5.92 Å². The number of carbonyl (C=O) groups is 2. The molecule has 0 atom stereocenters. The second-order valence-corrected chi connectivity index (χ2v) is 11.8. The number of likely N-dealkylation sites (tertiary alicyclic amines) is 1. The van der Waals surface area contributed by atoms with Crippen molar-refractivity contribution in [3.63, 3.8) is 0 Å². The summed E-state index contributed by atoms with van der Waals surface area (Å²) >= 11 is 0. The second-order valence-electron chi connectivity index (χ2n) is 11.8. The maximum absolute atomic E-state index is 13.6. The van der Waals surface area contributed by atoms with Crippen molar-refractivity contribution < 1.29 is 23.8 Å². The van der Waals surface area contributed by atoms with Gasteiger partial charge in [-0.1, -0.05) is 24.3 Å². The van der Waals surface area contributed by atoms with E-state index in [1.54, 1.807) is 42.5 Å². The number of nitriles is 2. The molecule has 1 N–H and O–H groups in total. The summed E-state index contributed by atoms with van der Waals surface area (Å²) in [6.07, 6.45) is 2.11. The predicted molar refractivity (Wildman–Crippen MR) is 165 cm³/mol. The first kappa shape index (κ1) is 31.9. The molecule has 1 aliphatic rings. The van der Waals surface area contributed by atoms with Crippen LogP contribution in [0.5, 0.6) is 11.5 Å². The lowest BCUT2D eigenvalue weighted by molar-refractivity contribution is 0.0522. The highest BCUT2D eigenvalue weighted by molar-refractivity contribution is 5.95. The van der Waals surface area contributed by atoms with Gasteiger partial charge in [0.1, 0.15) is 30.3 Å². The normalized spacial score (nSPS) is 13.3. The first-order chi connectivity index (χ1) is 21.1. The molecule has 0 bridgehead atoms. The van der Waals surface area contributed by atoms with Gasteiger partial charge in [-0.05, 0) is 93.5 Å². The number of alkyl carbamates (subject to hydrolysis) is 1. The fraction of sp³-hybridized carbons (Fsp3) is 0.371. The Hall–Kier alpha value is -5.02. The molecule has 1 aliphatic heterocycles. The van der Waals surface area contributed by atoms with Gasteiger partial charge in [-0.25, -0.2) is 4.79 Å². The van der Waals surface area contributed by atoms with Gasteiger partial charge in [0.15, 0.2) is 0 Å². The lowest BCUT2D eigenvalue weighted by atomic mass is 9.93. The van der Waals surface area contributed by atoms with E-state index in [1.165, 1.54) is 0 Å². The molecule has 0 radical (unpaired) electrons. The van der Waals surface area contributed by atoms with Crippen molar-refractivity contribution in [3.05, 3.63) is 94.5 Å². The van der Waals surface area contributed by atoms with E-state index in [9.17, 15) is 9.59 Å². The maximum atomic E-state index is 13.6. The van der Waals surface area contributed by atoms with Gasteiger partial charge in [0.05, 0.1) is 23.3 Å². The number of piperidine rings is 1. The van der Waals surface area contributed by atoms with E-state index in [-0.39, 0.29) is 19.1 Å². The summed E-state index contributed by atoms with van der Waals surface area (Å²) in [5.41, 5.74) is 2.87. The summed E-state index contributed by atoms with van der Waals surface area (Å²) < 4.78 is 17.4. The second kappa shape index (κ2) is 14.9. The van der Waals surface area contributed by atoms with Crippen LogP contribution < -0.4 is 14.8 Å². The summed E-state index contributed by atoms with van der Waals surface area (Å²) in [7, 11) is 0. The maximum Gasteiger partial charge on any atom is 0.407 e. The molecular weight excluding hydrogens is 556 g/mol. The summed E-state index contributed by atoms with van der Waals surface area (Å²) in [6.45, 7) is 7.80. The smallest absolute Gasteiger partial charge is 0.407 e. The minimum absolute atomic E-state index is 0.0950. The molecular formula is C35H38N4O5. The third kappa shape index (κ3) is 9.78. The van der Waals surface area contributed by atoms with Crippen LogP contribution in [0.4, 0.5) is 4.79 Å². The van der Waals surface area contributed by atoms with Crippen LogP contribution in [0.15, 0.2) is 66.7 Å². The number of nitrogens with zero attached hydrogens (tertiary/aromatic N) is 3. The summed E-state index contributed by atoms with van der Waals surface area (Å²) in [5, 5.41) is 20.9. The van der Waals surface area contributed by atoms with Crippen LogP contribution in [0.3, 0.4) is 0 Å². The van der Waals surface area contributed by atoms with Gasteiger partial charge in [-0.15, -0.1) is 0 Å². The van der Waals surface area contributed by atoms with Crippen LogP contribution in [-0.2, 0) is 18.0 Å². The van der Waals surface area contributed by atoms with Gasteiger partial charge in [-0.2, -0.15) is 10.5 Å². The summed E-state index contributed by atoms with van der Waals surface area (Å²) in [6, 6.07) is 23.7. The van der Waals surface area contributed by atoms with E-state index in [0.29, 0.717) is 53.7 Å². The van der Waals surface area contributed by atoms with E-state index >= 15 is 0 Å². The molecule has 0 spiro atoms. The molecule has 1 heterocycles. The number of carbonyl (C=O) groups excluding carboxylic acids is 2. The Labute approximate surface area is 259 Å². The number of benzene rings is 3. The van der Waals surface area contributed by atoms with E-state index < -0.39 is 11.7 Å². The summed E-state index contributed by atoms with van der Waals surface area (Å²) in [4.78, 5) is 27.4. The Morgan fingerprint density at radius 2 is 1.34 bits per heavy atom. The highest BCUT2D eigenvalue weighted by Crippen LogP contribution is 2.28. The predicted octanol–water partition coefficient (Wildman–Crippen LogP) is 6.35. The molecule has 228 valence electrons. The Bertz CT molecular complexity index is 1430. The fourth-order valence-electron chi connectivity index (χ4n) is 4.85. The Morgan fingerprint density at radius 1 is 0.841 bits per heavy atom. The highest BCUT2D eigenvalue weighted by atomic mass is 16.6. The van der Waals surface area contributed by atoms with Crippen LogP contribution >= 0.6 is 0 Å².